The lowest BCUT2D eigenvalue weighted by Crippen LogP contribution is -2.57. The molecule has 2 N–H and O–H groups in total. The van der Waals surface area contributed by atoms with Crippen LogP contribution in [-0.4, -0.2) is 59.0 Å². The molecule has 11 heteroatoms. The molecule has 170 valence electrons. The maximum atomic E-state index is 13.5. The number of carbonyl (C=O) groups excluding carboxylic acids is 2. The second-order valence-corrected chi connectivity index (χ2v) is 8.49. The summed E-state index contributed by atoms with van der Waals surface area (Å²) in [5, 5.41) is 11.0. The van der Waals surface area contributed by atoms with Gasteiger partial charge in [0.25, 0.3) is 5.91 Å². The second kappa shape index (κ2) is 8.87. The molecule has 2 amide bonds. The summed E-state index contributed by atoms with van der Waals surface area (Å²) in [6.45, 7) is 5.45. The summed E-state index contributed by atoms with van der Waals surface area (Å²) < 4.78 is 24.2. The minimum Gasteiger partial charge on any atom is -0.435 e. The SMILES string of the molecule is Cc1cc(C(=O)N[C@@H](C)CN2CCC3(CC2)OC(=O)NN=C3c2ccc(F)cc2Cl)no1. The average Bonchev–Trinajstić information content (AvgIpc) is 3.17. The van der Waals surface area contributed by atoms with Crippen LogP contribution in [0.5, 0.6) is 0 Å². The normalized spacial score (nSPS) is 19.1. The molecule has 1 aromatic heterocycles. The summed E-state index contributed by atoms with van der Waals surface area (Å²) in [7, 11) is 0. The zero-order chi connectivity index (χ0) is 22.9. The lowest BCUT2D eigenvalue weighted by molar-refractivity contribution is 0.00487. The first kappa shape index (κ1) is 22.2. The summed E-state index contributed by atoms with van der Waals surface area (Å²) >= 11 is 6.25. The summed E-state index contributed by atoms with van der Waals surface area (Å²) in [6, 6.07) is 5.49. The Hall–Kier alpha value is -2.98. The van der Waals surface area contributed by atoms with Crippen molar-refractivity contribution in [2.45, 2.75) is 38.3 Å². The fraction of sp³-hybridized carbons (Fsp3) is 0.429. The summed E-state index contributed by atoms with van der Waals surface area (Å²) in [5.74, 6) is -0.185. The maximum absolute atomic E-state index is 13.5. The molecule has 0 bridgehead atoms. The third-order valence-electron chi connectivity index (χ3n) is 5.60. The van der Waals surface area contributed by atoms with E-state index < -0.39 is 17.5 Å². The second-order valence-electron chi connectivity index (χ2n) is 8.08. The molecule has 1 saturated heterocycles. The predicted molar refractivity (Wildman–Crippen MR) is 114 cm³/mol. The molecule has 1 fully saturated rings. The molecule has 9 nitrogen and oxygen atoms in total. The van der Waals surface area contributed by atoms with Crippen molar-refractivity contribution >= 4 is 29.3 Å². The zero-order valence-corrected chi connectivity index (χ0v) is 18.4. The van der Waals surface area contributed by atoms with E-state index in [4.69, 9.17) is 20.9 Å². The van der Waals surface area contributed by atoms with Gasteiger partial charge in [0.1, 0.15) is 17.3 Å². The summed E-state index contributed by atoms with van der Waals surface area (Å²) in [6.07, 6.45) is 0.329. The summed E-state index contributed by atoms with van der Waals surface area (Å²) in [4.78, 5) is 26.4. The number of hydrazone groups is 1. The van der Waals surface area contributed by atoms with Crippen molar-refractivity contribution < 1.29 is 23.2 Å². The number of aromatic nitrogens is 1. The number of benzene rings is 1. The van der Waals surface area contributed by atoms with Gasteiger partial charge in [-0.3, -0.25) is 4.79 Å². The van der Waals surface area contributed by atoms with Gasteiger partial charge < -0.3 is 19.5 Å². The Labute approximate surface area is 188 Å². The fourth-order valence-corrected chi connectivity index (χ4v) is 4.34. The van der Waals surface area contributed by atoms with Crippen LogP contribution in [0.15, 0.2) is 33.9 Å². The highest BCUT2D eigenvalue weighted by molar-refractivity contribution is 6.35. The van der Waals surface area contributed by atoms with Gasteiger partial charge >= 0.3 is 6.09 Å². The number of hydrogen-bond donors (Lipinski definition) is 2. The highest BCUT2D eigenvalue weighted by Gasteiger charge is 2.46. The van der Waals surface area contributed by atoms with Crippen molar-refractivity contribution in [2.75, 3.05) is 19.6 Å². The molecule has 0 saturated carbocycles. The van der Waals surface area contributed by atoms with Gasteiger partial charge in [-0.25, -0.2) is 14.6 Å². The minimum absolute atomic E-state index is 0.135. The van der Waals surface area contributed by atoms with Crippen LogP contribution >= 0.6 is 11.6 Å². The first-order valence-corrected chi connectivity index (χ1v) is 10.6. The molecule has 0 unspecified atom stereocenters. The van der Waals surface area contributed by atoms with Crippen LogP contribution in [0.2, 0.25) is 5.02 Å². The molecular weight excluding hydrogens is 441 g/mol. The number of nitrogens with one attached hydrogen (secondary N) is 2. The largest absolute Gasteiger partial charge is 0.435 e. The van der Waals surface area contributed by atoms with Crippen molar-refractivity contribution in [1.29, 1.82) is 0 Å². The standard InChI is InChI=1S/C21H23ClFN5O4/c1-12(24-19(29)17-9-13(2)32-27-17)11-28-7-5-21(6-8-28)18(25-26-20(30)31-21)15-4-3-14(23)10-16(15)22/h3-4,9-10,12H,5-8,11H2,1-2H3,(H,24,29)(H,26,30)/t12-/m0/s1. The Morgan fingerprint density at radius 3 is 2.78 bits per heavy atom. The van der Waals surface area contributed by atoms with Crippen molar-refractivity contribution in [1.82, 2.24) is 20.8 Å². The Bertz CT molecular complexity index is 1060. The Kier molecular flexibility index (Phi) is 6.16. The number of ether oxygens (including phenoxy) is 1. The van der Waals surface area contributed by atoms with Crippen LogP contribution in [0, 0.1) is 12.7 Å². The zero-order valence-electron chi connectivity index (χ0n) is 17.7. The smallest absolute Gasteiger partial charge is 0.428 e. The monoisotopic (exact) mass is 463 g/mol. The van der Waals surface area contributed by atoms with Crippen LogP contribution in [0.25, 0.3) is 0 Å². The number of nitrogens with zero attached hydrogens (tertiary/aromatic N) is 3. The van der Waals surface area contributed by atoms with Crippen molar-refractivity contribution in [3.05, 3.63) is 52.1 Å². The number of rotatable bonds is 5. The number of hydrogen-bond acceptors (Lipinski definition) is 7. The number of carbonyl (C=O) groups is 2. The maximum Gasteiger partial charge on any atom is 0.428 e. The molecule has 2 aliphatic rings. The van der Waals surface area contributed by atoms with E-state index in [1.54, 1.807) is 13.0 Å². The summed E-state index contributed by atoms with van der Waals surface area (Å²) in [5.41, 5.74) is 2.61. The Morgan fingerprint density at radius 2 is 2.12 bits per heavy atom. The number of amides is 2. The average molecular weight is 464 g/mol. The van der Waals surface area contributed by atoms with Gasteiger partial charge in [0.15, 0.2) is 11.3 Å². The number of likely N-dealkylation sites (tertiary alicyclic amines) is 1. The van der Waals surface area contributed by atoms with Gasteiger partial charge in [0.05, 0.1) is 5.02 Å². The van der Waals surface area contributed by atoms with Crippen molar-refractivity contribution in [2.24, 2.45) is 5.10 Å². The van der Waals surface area contributed by atoms with Crippen LogP contribution < -0.4 is 10.7 Å². The van der Waals surface area contributed by atoms with Gasteiger partial charge in [0.2, 0.25) is 0 Å². The number of piperidine rings is 1. The van der Waals surface area contributed by atoms with Crippen molar-refractivity contribution in [3.8, 4) is 0 Å². The molecule has 1 atom stereocenters. The first-order valence-electron chi connectivity index (χ1n) is 10.2. The molecule has 3 heterocycles. The van der Waals surface area contributed by atoms with E-state index in [0.29, 0.717) is 49.5 Å². The van der Waals surface area contributed by atoms with Crippen LogP contribution in [-0.2, 0) is 4.74 Å². The van der Waals surface area contributed by atoms with Crippen molar-refractivity contribution in [3.63, 3.8) is 0 Å². The molecule has 2 aromatic rings. The first-order chi connectivity index (χ1) is 15.3. The molecule has 1 aromatic carbocycles. The van der Waals surface area contributed by atoms with E-state index in [0.717, 1.165) is 0 Å². The van der Waals surface area contributed by atoms with Gasteiger partial charge in [-0.1, -0.05) is 16.8 Å². The van der Waals surface area contributed by atoms with E-state index in [2.05, 4.69) is 25.9 Å². The van der Waals surface area contributed by atoms with Crippen LogP contribution in [0.1, 0.15) is 41.6 Å². The van der Waals surface area contributed by atoms with Crippen LogP contribution in [0.3, 0.4) is 0 Å². The molecule has 4 rings (SSSR count). The minimum atomic E-state index is -0.953. The van der Waals surface area contributed by atoms with E-state index in [1.807, 2.05) is 6.92 Å². The highest BCUT2D eigenvalue weighted by Crippen LogP contribution is 2.35. The number of aryl methyl sites for hydroxylation is 1. The molecule has 2 aliphatic heterocycles. The lowest BCUT2D eigenvalue weighted by atomic mass is 9.82. The topological polar surface area (TPSA) is 109 Å². The third-order valence-corrected chi connectivity index (χ3v) is 5.91. The molecule has 32 heavy (non-hydrogen) atoms. The lowest BCUT2D eigenvalue weighted by Gasteiger charge is -2.43. The van der Waals surface area contributed by atoms with Gasteiger partial charge in [-0.15, -0.1) is 0 Å². The Morgan fingerprint density at radius 1 is 1.38 bits per heavy atom. The molecule has 0 radical (unpaired) electrons. The van der Waals surface area contributed by atoms with Crippen LogP contribution in [0.4, 0.5) is 9.18 Å². The quantitative estimate of drug-likeness (QED) is 0.705. The fourth-order valence-electron chi connectivity index (χ4n) is 4.08. The van der Waals surface area contributed by atoms with E-state index in [-0.39, 0.29) is 22.7 Å². The predicted octanol–water partition coefficient (Wildman–Crippen LogP) is 2.87. The van der Waals surface area contributed by atoms with E-state index in [1.165, 1.54) is 18.2 Å². The third kappa shape index (κ3) is 4.61. The van der Waals surface area contributed by atoms with E-state index in [9.17, 15) is 14.0 Å². The molecular formula is C21H23ClFN5O4. The highest BCUT2D eigenvalue weighted by atomic mass is 35.5. The Balaban J connectivity index is 1.41. The molecule has 1 spiro atoms. The number of halogens is 2. The van der Waals surface area contributed by atoms with E-state index >= 15 is 0 Å². The van der Waals surface area contributed by atoms with Gasteiger partial charge in [0, 0.05) is 50.1 Å². The van der Waals surface area contributed by atoms with Gasteiger partial charge in [-0.05, 0) is 32.0 Å². The molecule has 0 aliphatic carbocycles. The van der Waals surface area contributed by atoms with Gasteiger partial charge in [-0.2, -0.15) is 5.10 Å².